The predicted octanol–water partition coefficient (Wildman–Crippen LogP) is 4.10. The van der Waals surface area contributed by atoms with Crippen molar-refractivity contribution in [2.24, 2.45) is 0 Å². The highest BCUT2D eigenvalue weighted by molar-refractivity contribution is 6.31. The van der Waals surface area contributed by atoms with Crippen molar-refractivity contribution >= 4 is 29.1 Å². The molecule has 1 fully saturated rings. The van der Waals surface area contributed by atoms with E-state index in [0.717, 1.165) is 25.7 Å². The molecule has 19 heavy (non-hydrogen) atoms. The first-order valence-corrected chi connectivity index (χ1v) is 7.36. The molecule has 5 heteroatoms. The first kappa shape index (κ1) is 14.6. The Morgan fingerprint density at radius 3 is 3.00 bits per heavy atom. The molecule has 0 N–H and O–H groups in total. The summed E-state index contributed by atoms with van der Waals surface area (Å²) >= 11 is 11.5. The van der Waals surface area contributed by atoms with Crippen LogP contribution in [-0.4, -0.2) is 29.3 Å². The molecule has 2 nitrogen and oxygen atoms in total. The van der Waals surface area contributed by atoms with Crippen LogP contribution in [0.2, 0.25) is 5.02 Å². The maximum Gasteiger partial charge on any atom is 0.257 e. The van der Waals surface area contributed by atoms with Crippen molar-refractivity contribution in [3.8, 4) is 0 Å². The fourth-order valence-corrected chi connectivity index (χ4v) is 2.86. The lowest BCUT2D eigenvalue weighted by molar-refractivity contribution is 0.0725. The summed E-state index contributed by atoms with van der Waals surface area (Å²) in [5.41, 5.74) is 0.0604. The van der Waals surface area contributed by atoms with Gasteiger partial charge >= 0.3 is 0 Å². The Morgan fingerprint density at radius 1 is 1.47 bits per heavy atom. The van der Waals surface area contributed by atoms with Gasteiger partial charge in [0, 0.05) is 23.5 Å². The number of amides is 1. The first-order valence-electron chi connectivity index (χ1n) is 6.45. The second-order valence-electron chi connectivity index (χ2n) is 4.75. The molecule has 0 aromatic heterocycles. The zero-order chi connectivity index (χ0) is 13.8. The van der Waals surface area contributed by atoms with Crippen LogP contribution in [-0.2, 0) is 0 Å². The van der Waals surface area contributed by atoms with Gasteiger partial charge in [-0.15, -0.1) is 11.6 Å². The van der Waals surface area contributed by atoms with E-state index in [1.54, 1.807) is 4.90 Å². The summed E-state index contributed by atoms with van der Waals surface area (Å²) in [6.45, 7) is 0.678. The summed E-state index contributed by atoms with van der Waals surface area (Å²) < 4.78 is 13.7. The Balaban J connectivity index is 2.16. The minimum atomic E-state index is -0.516. The second kappa shape index (κ2) is 6.58. The van der Waals surface area contributed by atoms with E-state index in [1.807, 2.05) is 0 Å². The van der Waals surface area contributed by atoms with E-state index in [2.05, 4.69) is 0 Å². The number of carbonyl (C=O) groups excluding carboxylic acids is 1. The van der Waals surface area contributed by atoms with E-state index >= 15 is 0 Å². The van der Waals surface area contributed by atoms with Gasteiger partial charge in [0.1, 0.15) is 5.82 Å². The van der Waals surface area contributed by atoms with Gasteiger partial charge < -0.3 is 4.90 Å². The molecule has 0 radical (unpaired) electrons. The highest BCUT2D eigenvalue weighted by Gasteiger charge is 2.30. The van der Waals surface area contributed by atoms with Crippen molar-refractivity contribution in [3.05, 3.63) is 34.6 Å². The molecule has 2 rings (SSSR count). The Morgan fingerprint density at radius 2 is 2.26 bits per heavy atom. The minimum absolute atomic E-state index is 0.0604. The zero-order valence-corrected chi connectivity index (χ0v) is 12.1. The predicted molar refractivity (Wildman–Crippen MR) is 75.4 cm³/mol. The summed E-state index contributed by atoms with van der Waals surface area (Å²) in [5.74, 6) is -0.196. The van der Waals surface area contributed by atoms with Gasteiger partial charge in [-0.25, -0.2) is 4.39 Å². The van der Waals surface area contributed by atoms with E-state index in [-0.39, 0.29) is 17.5 Å². The van der Waals surface area contributed by atoms with E-state index < -0.39 is 5.82 Å². The van der Waals surface area contributed by atoms with E-state index in [1.165, 1.54) is 18.2 Å². The molecular weight excluding hydrogens is 288 g/mol. The number of hydrogen-bond donors (Lipinski definition) is 0. The van der Waals surface area contributed by atoms with E-state index in [9.17, 15) is 9.18 Å². The average molecular weight is 304 g/mol. The van der Waals surface area contributed by atoms with Crippen LogP contribution in [0.3, 0.4) is 0 Å². The molecule has 1 aromatic rings. The lowest BCUT2D eigenvalue weighted by atomic mass is 10.1. The van der Waals surface area contributed by atoms with Crippen molar-refractivity contribution in [2.75, 3.05) is 12.4 Å². The van der Waals surface area contributed by atoms with Crippen molar-refractivity contribution in [1.29, 1.82) is 0 Å². The normalized spacial score (nSPS) is 18.9. The van der Waals surface area contributed by atoms with Gasteiger partial charge in [-0.3, -0.25) is 4.79 Å². The van der Waals surface area contributed by atoms with Gasteiger partial charge in [-0.05, 0) is 43.9 Å². The van der Waals surface area contributed by atoms with Crippen molar-refractivity contribution in [2.45, 2.75) is 31.7 Å². The molecule has 1 heterocycles. The molecule has 1 aliphatic rings. The van der Waals surface area contributed by atoms with E-state index in [0.29, 0.717) is 17.4 Å². The molecule has 1 aliphatic heterocycles. The van der Waals surface area contributed by atoms with Crippen molar-refractivity contribution < 1.29 is 9.18 Å². The van der Waals surface area contributed by atoms with Crippen LogP contribution in [0, 0.1) is 5.82 Å². The van der Waals surface area contributed by atoms with Crippen molar-refractivity contribution in [1.82, 2.24) is 4.90 Å². The van der Waals surface area contributed by atoms with Gasteiger partial charge in [-0.2, -0.15) is 0 Å². The largest absolute Gasteiger partial charge is 0.336 e. The smallest absolute Gasteiger partial charge is 0.257 e. The number of carbonyl (C=O) groups is 1. The van der Waals surface area contributed by atoms with Gasteiger partial charge in [0.2, 0.25) is 0 Å². The average Bonchev–Trinajstić information content (AvgIpc) is 2.86. The monoisotopic (exact) mass is 303 g/mol. The van der Waals surface area contributed by atoms with Crippen LogP contribution < -0.4 is 0 Å². The Labute approximate surface area is 122 Å². The van der Waals surface area contributed by atoms with Gasteiger partial charge in [-0.1, -0.05) is 11.6 Å². The number of rotatable bonds is 4. The van der Waals surface area contributed by atoms with Gasteiger partial charge in [0.05, 0.1) is 5.56 Å². The van der Waals surface area contributed by atoms with Crippen molar-refractivity contribution in [3.63, 3.8) is 0 Å². The molecule has 0 aliphatic carbocycles. The second-order valence-corrected chi connectivity index (χ2v) is 5.56. The fourth-order valence-electron chi connectivity index (χ4n) is 2.53. The highest BCUT2D eigenvalue weighted by atomic mass is 35.5. The molecule has 1 unspecified atom stereocenters. The summed E-state index contributed by atoms with van der Waals surface area (Å²) in [5, 5.41) is 0.376. The number of likely N-dealkylation sites (tertiary alicyclic amines) is 1. The van der Waals surface area contributed by atoms with Gasteiger partial charge in [0.25, 0.3) is 5.91 Å². The zero-order valence-electron chi connectivity index (χ0n) is 10.5. The Hall–Kier alpha value is -0.800. The molecule has 104 valence electrons. The molecule has 1 amide bonds. The van der Waals surface area contributed by atoms with Crippen LogP contribution in [0.5, 0.6) is 0 Å². The minimum Gasteiger partial charge on any atom is -0.336 e. The number of hydrogen-bond acceptors (Lipinski definition) is 1. The summed E-state index contributed by atoms with van der Waals surface area (Å²) in [7, 11) is 0. The SMILES string of the molecule is O=C(c1cc(Cl)ccc1F)N1CCCC1CCCCl. The maximum absolute atomic E-state index is 13.7. The fraction of sp³-hybridized carbons (Fsp3) is 0.500. The quantitative estimate of drug-likeness (QED) is 0.767. The number of nitrogens with zero attached hydrogens (tertiary/aromatic N) is 1. The highest BCUT2D eigenvalue weighted by Crippen LogP contribution is 2.25. The molecule has 1 saturated heterocycles. The van der Waals surface area contributed by atoms with Crippen LogP contribution >= 0.6 is 23.2 Å². The van der Waals surface area contributed by atoms with Gasteiger partial charge in [0.15, 0.2) is 0 Å². The standard InChI is InChI=1S/C14H16Cl2FNO/c15-7-1-3-11-4-2-8-18(11)14(19)12-9-10(16)5-6-13(12)17/h5-6,9,11H,1-4,7-8H2. The summed E-state index contributed by atoms with van der Waals surface area (Å²) in [6, 6.07) is 4.25. The van der Waals surface area contributed by atoms with Crippen LogP contribution in [0.1, 0.15) is 36.0 Å². The Kier molecular flexibility index (Phi) is 5.06. The van der Waals surface area contributed by atoms with Crippen LogP contribution in [0.25, 0.3) is 0 Å². The van der Waals surface area contributed by atoms with E-state index in [4.69, 9.17) is 23.2 Å². The third-order valence-electron chi connectivity index (χ3n) is 3.47. The molecule has 1 aromatic carbocycles. The molecule has 1 atom stereocenters. The maximum atomic E-state index is 13.7. The first-order chi connectivity index (χ1) is 9.13. The molecule has 0 saturated carbocycles. The number of benzene rings is 1. The Bertz CT molecular complexity index is 467. The summed E-state index contributed by atoms with van der Waals surface area (Å²) in [4.78, 5) is 14.1. The lowest BCUT2D eigenvalue weighted by Gasteiger charge is -2.24. The van der Waals surface area contributed by atoms with Crippen LogP contribution in [0.4, 0.5) is 4.39 Å². The van der Waals surface area contributed by atoms with Crippen LogP contribution in [0.15, 0.2) is 18.2 Å². The number of alkyl halides is 1. The topological polar surface area (TPSA) is 20.3 Å². The summed E-state index contributed by atoms with van der Waals surface area (Å²) in [6.07, 6.45) is 3.66. The molecule has 0 spiro atoms. The molecule has 0 bridgehead atoms. The lowest BCUT2D eigenvalue weighted by Crippen LogP contribution is -2.36. The number of halogens is 3. The molecular formula is C14H16Cl2FNO. The third kappa shape index (κ3) is 3.40. The third-order valence-corrected chi connectivity index (χ3v) is 3.97.